The molecular weight excluding hydrogens is 376 g/mol. The van der Waals surface area contributed by atoms with Crippen molar-refractivity contribution in [3.8, 4) is 5.69 Å². The third-order valence-corrected chi connectivity index (χ3v) is 5.09. The van der Waals surface area contributed by atoms with Crippen molar-refractivity contribution in [2.24, 2.45) is 0 Å². The number of nitrogens with one attached hydrogen (secondary N) is 1. The molecule has 1 unspecified atom stereocenters. The molecule has 0 radical (unpaired) electrons. The Hall–Kier alpha value is -2.03. The summed E-state index contributed by atoms with van der Waals surface area (Å²) >= 11 is 0. The van der Waals surface area contributed by atoms with Crippen LogP contribution in [-0.2, 0) is 0 Å². The molecule has 2 saturated heterocycles. The average molecular weight is 398 g/mol. The molecular formula is C18H22ClF2N5O. The molecule has 1 atom stereocenters. The molecule has 2 aliphatic rings. The lowest BCUT2D eigenvalue weighted by molar-refractivity contribution is 0.0767. The smallest absolute Gasteiger partial charge is 0.274 e. The van der Waals surface area contributed by atoms with Crippen molar-refractivity contribution in [3.63, 3.8) is 0 Å². The van der Waals surface area contributed by atoms with E-state index in [1.165, 1.54) is 30.5 Å². The lowest BCUT2D eigenvalue weighted by Crippen LogP contribution is -2.49. The SMILES string of the molecule is Cl.O=C(c1ccn(-c2c(F)cccc2F)n1)N1CCC(N2CCNCC2)C1. The van der Waals surface area contributed by atoms with Gasteiger partial charge in [0.25, 0.3) is 5.91 Å². The van der Waals surface area contributed by atoms with Crippen LogP contribution in [0.3, 0.4) is 0 Å². The molecule has 0 spiro atoms. The van der Waals surface area contributed by atoms with Crippen molar-refractivity contribution in [1.29, 1.82) is 0 Å². The van der Waals surface area contributed by atoms with Crippen molar-refractivity contribution >= 4 is 18.3 Å². The third kappa shape index (κ3) is 3.97. The van der Waals surface area contributed by atoms with Gasteiger partial charge >= 0.3 is 0 Å². The number of amides is 1. The predicted molar refractivity (Wildman–Crippen MR) is 99.5 cm³/mol. The number of piperazine rings is 1. The highest BCUT2D eigenvalue weighted by Crippen LogP contribution is 2.20. The Balaban J connectivity index is 0.00000210. The predicted octanol–water partition coefficient (Wildman–Crippen LogP) is 1.69. The second-order valence-electron chi connectivity index (χ2n) is 6.70. The molecule has 146 valence electrons. The molecule has 9 heteroatoms. The number of para-hydroxylation sites is 1. The van der Waals surface area contributed by atoms with E-state index in [-0.39, 0.29) is 29.7 Å². The Morgan fingerprint density at radius 2 is 1.81 bits per heavy atom. The summed E-state index contributed by atoms with van der Waals surface area (Å²) in [4.78, 5) is 16.9. The minimum atomic E-state index is -0.716. The highest BCUT2D eigenvalue weighted by molar-refractivity contribution is 5.92. The van der Waals surface area contributed by atoms with Crippen molar-refractivity contribution in [1.82, 2.24) is 24.9 Å². The van der Waals surface area contributed by atoms with Gasteiger partial charge in [-0.2, -0.15) is 5.10 Å². The molecule has 0 aliphatic carbocycles. The fourth-order valence-corrected chi connectivity index (χ4v) is 3.70. The van der Waals surface area contributed by atoms with E-state index >= 15 is 0 Å². The second-order valence-corrected chi connectivity index (χ2v) is 6.70. The molecule has 0 saturated carbocycles. The molecule has 6 nitrogen and oxygen atoms in total. The fraction of sp³-hybridized carbons (Fsp3) is 0.444. The summed E-state index contributed by atoms with van der Waals surface area (Å²) in [6.07, 6.45) is 2.35. The Morgan fingerprint density at radius 1 is 1.11 bits per heavy atom. The maximum absolute atomic E-state index is 13.9. The first kappa shape index (κ1) is 19.7. The summed E-state index contributed by atoms with van der Waals surface area (Å²) in [5.41, 5.74) is -0.0692. The number of hydrogen-bond acceptors (Lipinski definition) is 4. The molecule has 0 bridgehead atoms. The lowest BCUT2D eigenvalue weighted by atomic mass is 10.2. The Morgan fingerprint density at radius 3 is 2.52 bits per heavy atom. The van der Waals surface area contributed by atoms with Gasteiger partial charge in [0.05, 0.1) is 0 Å². The number of likely N-dealkylation sites (tertiary alicyclic amines) is 1. The number of carbonyl (C=O) groups excluding carboxylic acids is 1. The van der Waals surface area contributed by atoms with Gasteiger partial charge in [-0.05, 0) is 24.6 Å². The molecule has 2 aliphatic heterocycles. The molecule has 2 aromatic rings. The average Bonchev–Trinajstić information content (AvgIpc) is 3.32. The van der Waals surface area contributed by atoms with E-state index in [1.54, 1.807) is 4.90 Å². The highest BCUT2D eigenvalue weighted by Gasteiger charge is 2.32. The van der Waals surface area contributed by atoms with Gasteiger partial charge < -0.3 is 10.2 Å². The van der Waals surface area contributed by atoms with Crippen LogP contribution >= 0.6 is 12.4 Å². The number of hydrogen-bond donors (Lipinski definition) is 1. The molecule has 1 amide bonds. The van der Waals surface area contributed by atoms with Gasteiger partial charge in [-0.3, -0.25) is 9.69 Å². The number of rotatable bonds is 3. The van der Waals surface area contributed by atoms with E-state index < -0.39 is 11.6 Å². The summed E-state index contributed by atoms with van der Waals surface area (Å²) in [6.45, 7) is 5.28. The van der Waals surface area contributed by atoms with Crippen LogP contribution in [0.5, 0.6) is 0 Å². The first-order valence-electron chi connectivity index (χ1n) is 8.87. The summed E-state index contributed by atoms with van der Waals surface area (Å²) in [5.74, 6) is -1.63. The van der Waals surface area contributed by atoms with Crippen LogP contribution in [0.1, 0.15) is 16.9 Å². The Kier molecular flexibility index (Phi) is 6.08. The first-order chi connectivity index (χ1) is 12.6. The topological polar surface area (TPSA) is 53.4 Å². The highest BCUT2D eigenvalue weighted by atomic mass is 35.5. The fourth-order valence-electron chi connectivity index (χ4n) is 3.70. The first-order valence-corrected chi connectivity index (χ1v) is 8.87. The summed E-state index contributed by atoms with van der Waals surface area (Å²) in [7, 11) is 0. The van der Waals surface area contributed by atoms with Gasteiger partial charge in [0.1, 0.15) is 5.69 Å². The maximum Gasteiger partial charge on any atom is 0.274 e. The Labute approximate surface area is 162 Å². The third-order valence-electron chi connectivity index (χ3n) is 5.09. The normalized spacial score (nSPS) is 20.5. The molecule has 3 heterocycles. The van der Waals surface area contributed by atoms with Crippen LogP contribution < -0.4 is 5.32 Å². The van der Waals surface area contributed by atoms with Crippen LogP contribution in [0.2, 0.25) is 0 Å². The van der Waals surface area contributed by atoms with Gasteiger partial charge in [-0.25, -0.2) is 13.5 Å². The molecule has 1 N–H and O–H groups in total. The van der Waals surface area contributed by atoms with E-state index in [0.717, 1.165) is 37.3 Å². The molecule has 1 aromatic heterocycles. The number of halogens is 3. The van der Waals surface area contributed by atoms with Crippen molar-refractivity contribution in [2.75, 3.05) is 39.3 Å². The van der Waals surface area contributed by atoms with Gasteiger partial charge in [0, 0.05) is 51.5 Å². The summed E-state index contributed by atoms with van der Waals surface area (Å²) in [6, 6.07) is 5.50. The number of nitrogens with zero attached hydrogens (tertiary/aromatic N) is 4. The number of benzene rings is 1. The molecule has 27 heavy (non-hydrogen) atoms. The molecule has 4 rings (SSSR count). The van der Waals surface area contributed by atoms with Gasteiger partial charge in [-0.15, -0.1) is 12.4 Å². The minimum absolute atomic E-state index is 0. The maximum atomic E-state index is 13.9. The van der Waals surface area contributed by atoms with Crippen molar-refractivity contribution in [3.05, 3.63) is 47.8 Å². The standard InChI is InChI=1S/C18H21F2N5O.ClH/c19-14-2-1-3-15(20)17(14)25-9-5-16(22-25)18(26)24-8-4-13(12-24)23-10-6-21-7-11-23;/h1-3,5,9,13,21H,4,6-8,10-12H2;1H. The van der Waals surface area contributed by atoms with E-state index in [9.17, 15) is 13.6 Å². The summed E-state index contributed by atoms with van der Waals surface area (Å²) < 4.78 is 28.9. The van der Waals surface area contributed by atoms with Crippen LogP contribution in [0.25, 0.3) is 5.69 Å². The van der Waals surface area contributed by atoms with E-state index in [2.05, 4.69) is 15.3 Å². The quantitative estimate of drug-likeness (QED) is 0.856. The summed E-state index contributed by atoms with van der Waals surface area (Å²) in [5, 5.41) is 7.44. The van der Waals surface area contributed by atoms with Crippen LogP contribution in [0.4, 0.5) is 8.78 Å². The van der Waals surface area contributed by atoms with Crippen LogP contribution in [0, 0.1) is 11.6 Å². The van der Waals surface area contributed by atoms with Crippen molar-refractivity contribution in [2.45, 2.75) is 12.5 Å². The van der Waals surface area contributed by atoms with Gasteiger partial charge in [0.2, 0.25) is 0 Å². The molecule has 2 fully saturated rings. The second kappa shape index (κ2) is 8.33. The van der Waals surface area contributed by atoms with E-state index in [1.807, 2.05) is 0 Å². The zero-order chi connectivity index (χ0) is 18.1. The monoisotopic (exact) mass is 397 g/mol. The molecule has 1 aromatic carbocycles. The van der Waals surface area contributed by atoms with E-state index in [0.29, 0.717) is 19.1 Å². The van der Waals surface area contributed by atoms with Crippen LogP contribution in [0.15, 0.2) is 30.5 Å². The number of carbonyl (C=O) groups is 1. The zero-order valence-corrected chi connectivity index (χ0v) is 15.6. The minimum Gasteiger partial charge on any atom is -0.336 e. The largest absolute Gasteiger partial charge is 0.336 e. The van der Waals surface area contributed by atoms with Gasteiger partial charge in [-0.1, -0.05) is 6.07 Å². The van der Waals surface area contributed by atoms with E-state index in [4.69, 9.17) is 0 Å². The van der Waals surface area contributed by atoms with Crippen molar-refractivity contribution < 1.29 is 13.6 Å². The van der Waals surface area contributed by atoms with Gasteiger partial charge in [0.15, 0.2) is 17.3 Å². The Bertz CT molecular complexity index is 789. The number of aromatic nitrogens is 2. The van der Waals surface area contributed by atoms with Crippen LogP contribution in [-0.4, -0.2) is 70.8 Å². The zero-order valence-electron chi connectivity index (χ0n) is 14.8. The lowest BCUT2D eigenvalue weighted by Gasteiger charge is -2.32.